The first-order valence-corrected chi connectivity index (χ1v) is 11.5. The van der Waals surface area contributed by atoms with Crippen molar-refractivity contribution in [1.29, 1.82) is 0 Å². The third-order valence-electron chi connectivity index (χ3n) is 5.11. The predicted octanol–water partition coefficient (Wildman–Crippen LogP) is 3.99. The number of fused-ring (bicyclic) bond motifs is 1. The van der Waals surface area contributed by atoms with Crippen molar-refractivity contribution in [2.24, 2.45) is 0 Å². The van der Waals surface area contributed by atoms with Crippen molar-refractivity contribution in [3.8, 4) is 11.5 Å². The van der Waals surface area contributed by atoms with E-state index in [0.717, 1.165) is 30.0 Å². The normalized spacial score (nSPS) is 17.1. The standard InChI is InChI=1S/C20H21BrN2O5S/c1-23(2)29(25,26)18-11-13(5-7-15(18)21)19(24)22-14-6-8-16-17(12-14)28-20(27-16)9-3-4-10-20/h5-8,11-12H,3-4,9-10H2,1-2H3,(H,22,24). The Morgan fingerprint density at radius 1 is 1.07 bits per heavy atom. The monoisotopic (exact) mass is 480 g/mol. The maximum atomic E-state index is 12.7. The molecule has 1 amide bonds. The number of hydrogen-bond acceptors (Lipinski definition) is 5. The van der Waals surface area contributed by atoms with Crippen LogP contribution in [0.4, 0.5) is 5.69 Å². The van der Waals surface area contributed by atoms with E-state index in [-0.39, 0.29) is 10.5 Å². The number of amides is 1. The van der Waals surface area contributed by atoms with E-state index < -0.39 is 21.7 Å². The van der Waals surface area contributed by atoms with Crippen molar-refractivity contribution >= 4 is 37.5 Å². The summed E-state index contributed by atoms with van der Waals surface area (Å²) < 4.78 is 38.4. The molecule has 0 unspecified atom stereocenters. The average molecular weight is 481 g/mol. The molecule has 29 heavy (non-hydrogen) atoms. The van der Waals surface area contributed by atoms with Gasteiger partial charge in [0.2, 0.25) is 10.0 Å². The summed E-state index contributed by atoms with van der Waals surface area (Å²) in [5.74, 6) is 0.304. The number of carbonyl (C=O) groups is 1. The molecule has 0 atom stereocenters. The molecular weight excluding hydrogens is 460 g/mol. The number of sulfonamides is 1. The quantitative estimate of drug-likeness (QED) is 0.714. The second kappa shape index (κ2) is 7.30. The molecule has 1 saturated carbocycles. The molecule has 9 heteroatoms. The van der Waals surface area contributed by atoms with Crippen LogP contribution >= 0.6 is 15.9 Å². The molecule has 4 rings (SSSR count). The summed E-state index contributed by atoms with van der Waals surface area (Å²) in [5, 5.41) is 2.80. The van der Waals surface area contributed by atoms with Crippen LogP contribution in [0.25, 0.3) is 0 Å². The maximum Gasteiger partial charge on any atom is 0.255 e. The molecule has 2 aromatic rings. The van der Waals surface area contributed by atoms with E-state index in [0.29, 0.717) is 21.7 Å². The van der Waals surface area contributed by atoms with Gasteiger partial charge in [0.1, 0.15) is 0 Å². The molecule has 1 heterocycles. The molecule has 7 nitrogen and oxygen atoms in total. The first-order valence-electron chi connectivity index (χ1n) is 9.26. The van der Waals surface area contributed by atoms with Gasteiger partial charge in [-0.15, -0.1) is 0 Å². The molecule has 0 saturated heterocycles. The van der Waals surface area contributed by atoms with Gasteiger partial charge in [-0.2, -0.15) is 0 Å². The van der Waals surface area contributed by atoms with Gasteiger partial charge in [-0.3, -0.25) is 4.79 Å². The van der Waals surface area contributed by atoms with Crippen LogP contribution < -0.4 is 14.8 Å². The lowest BCUT2D eigenvalue weighted by atomic mass is 10.2. The molecular formula is C20H21BrN2O5S. The largest absolute Gasteiger partial charge is 0.448 e. The van der Waals surface area contributed by atoms with E-state index in [1.54, 1.807) is 30.3 Å². The highest BCUT2D eigenvalue weighted by Gasteiger charge is 2.44. The molecule has 2 aliphatic rings. The van der Waals surface area contributed by atoms with Crippen LogP contribution in [0.5, 0.6) is 11.5 Å². The molecule has 2 aromatic carbocycles. The Kier molecular flexibility index (Phi) is 5.08. The summed E-state index contributed by atoms with van der Waals surface area (Å²) in [6.45, 7) is 0. The minimum absolute atomic E-state index is 0.0315. The second-order valence-electron chi connectivity index (χ2n) is 7.37. The van der Waals surface area contributed by atoms with Crippen LogP contribution in [0.1, 0.15) is 36.0 Å². The molecule has 1 fully saturated rings. The molecule has 1 spiro atoms. The number of hydrogen-bond donors (Lipinski definition) is 1. The Hall–Kier alpha value is -2.10. The van der Waals surface area contributed by atoms with Gasteiger partial charge in [0.25, 0.3) is 11.7 Å². The van der Waals surface area contributed by atoms with E-state index in [2.05, 4.69) is 21.2 Å². The zero-order valence-electron chi connectivity index (χ0n) is 16.1. The SMILES string of the molecule is CN(C)S(=O)(=O)c1cc(C(=O)Nc2ccc3c(c2)OC2(CCCC2)O3)ccc1Br. The van der Waals surface area contributed by atoms with Gasteiger partial charge >= 0.3 is 0 Å². The van der Waals surface area contributed by atoms with Crippen LogP contribution in [0.2, 0.25) is 0 Å². The molecule has 1 N–H and O–H groups in total. The van der Waals surface area contributed by atoms with E-state index in [1.807, 2.05) is 0 Å². The van der Waals surface area contributed by atoms with Gasteiger partial charge in [-0.25, -0.2) is 12.7 Å². The van der Waals surface area contributed by atoms with Gasteiger partial charge in [-0.05, 0) is 59.1 Å². The van der Waals surface area contributed by atoms with Gasteiger partial charge in [0.15, 0.2) is 11.5 Å². The van der Waals surface area contributed by atoms with Crippen LogP contribution in [-0.2, 0) is 10.0 Å². The lowest BCUT2D eigenvalue weighted by molar-refractivity contribution is -0.0716. The third kappa shape index (κ3) is 3.74. The molecule has 154 valence electrons. The fourth-order valence-corrected chi connectivity index (χ4v) is 5.38. The zero-order valence-corrected chi connectivity index (χ0v) is 18.5. The third-order valence-corrected chi connectivity index (χ3v) is 7.92. The van der Waals surface area contributed by atoms with Crippen LogP contribution in [0, 0.1) is 0 Å². The number of halogens is 1. The smallest absolute Gasteiger partial charge is 0.255 e. The highest BCUT2D eigenvalue weighted by atomic mass is 79.9. The Bertz CT molecular complexity index is 1080. The van der Waals surface area contributed by atoms with Crippen molar-refractivity contribution in [3.63, 3.8) is 0 Å². The Balaban J connectivity index is 1.55. The highest BCUT2D eigenvalue weighted by Crippen LogP contribution is 2.47. The number of carbonyl (C=O) groups excluding carboxylic acids is 1. The average Bonchev–Trinajstić information content (AvgIpc) is 3.27. The molecule has 0 aromatic heterocycles. The van der Waals surface area contributed by atoms with E-state index in [1.165, 1.54) is 20.2 Å². The topological polar surface area (TPSA) is 84.9 Å². The zero-order chi connectivity index (χ0) is 20.8. The van der Waals surface area contributed by atoms with Gasteiger partial charge in [-0.1, -0.05) is 0 Å². The second-order valence-corrected chi connectivity index (χ2v) is 10.3. The summed E-state index contributed by atoms with van der Waals surface area (Å²) >= 11 is 3.25. The van der Waals surface area contributed by atoms with E-state index in [4.69, 9.17) is 9.47 Å². The van der Waals surface area contributed by atoms with Gasteiger partial charge in [0.05, 0.1) is 4.90 Å². The van der Waals surface area contributed by atoms with Crippen molar-refractivity contribution in [2.75, 3.05) is 19.4 Å². The summed E-state index contributed by atoms with van der Waals surface area (Å²) in [7, 11) is -0.802. The first kappa shape index (κ1) is 20.2. The fourth-order valence-electron chi connectivity index (χ4n) is 3.53. The van der Waals surface area contributed by atoms with E-state index >= 15 is 0 Å². The molecule has 1 aliphatic heterocycles. The molecule has 1 aliphatic carbocycles. The molecule has 0 bridgehead atoms. The lowest BCUT2D eigenvalue weighted by Crippen LogP contribution is -2.34. The first-order chi connectivity index (χ1) is 13.7. The minimum atomic E-state index is -3.69. The fraction of sp³-hybridized carbons (Fsp3) is 0.350. The Morgan fingerprint density at radius 3 is 2.45 bits per heavy atom. The summed E-state index contributed by atoms with van der Waals surface area (Å²) in [6, 6.07) is 9.72. The predicted molar refractivity (Wildman–Crippen MR) is 112 cm³/mol. The van der Waals surface area contributed by atoms with Crippen LogP contribution in [0.3, 0.4) is 0 Å². The maximum absolute atomic E-state index is 12.7. The Labute approximate surface area is 178 Å². The number of rotatable bonds is 4. The Morgan fingerprint density at radius 2 is 1.76 bits per heavy atom. The van der Waals surface area contributed by atoms with Gasteiger partial charge < -0.3 is 14.8 Å². The van der Waals surface area contributed by atoms with E-state index in [9.17, 15) is 13.2 Å². The summed E-state index contributed by atoms with van der Waals surface area (Å²) in [5.41, 5.74) is 0.783. The van der Waals surface area contributed by atoms with Crippen molar-refractivity contribution in [1.82, 2.24) is 4.31 Å². The van der Waals surface area contributed by atoms with Crippen LogP contribution in [-0.4, -0.2) is 38.5 Å². The number of ether oxygens (including phenoxy) is 2. The van der Waals surface area contributed by atoms with Gasteiger partial charge in [0, 0.05) is 48.7 Å². The summed E-state index contributed by atoms with van der Waals surface area (Å²) in [6.07, 6.45) is 3.84. The van der Waals surface area contributed by atoms with Crippen LogP contribution in [0.15, 0.2) is 45.8 Å². The number of anilines is 1. The van der Waals surface area contributed by atoms with Crippen molar-refractivity contribution in [3.05, 3.63) is 46.4 Å². The summed E-state index contributed by atoms with van der Waals surface area (Å²) in [4.78, 5) is 12.7. The minimum Gasteiger partial charge on any atom is -0.448 e. The lowest BCUT2D eigenvalue weighted by Gasteiger charge is -2.21. The number of nitrogens with zero attached hydrogens (tertiary/aromatic N) is 1. The van der Waals surface area contributed by atoms with Crippen molar-refractivity contribution < 1.29 is 22.7 Å². The number of benzene rings is 2. The number of nitrogens with one attached hydrogen (secondary N) is 1. The highest BCUT2D eigenvalue weighted by molar-refractivity contribution is 9.10. The van der Waals surface area contributed by atoms with Crippen molar-refractivity contribution in [2.45, 2.75) is 36.4 Å². The molecule has 0 radical (unpaired) electrons.